The van der Waals surface area contributed by atoms with E-state index in [0.29, 0.717) is 11.3 Å². The maximum atomic E-state index is 14.0. The first-order valence-electron chi connectivity index (χ1n) is 7.04. The average Bonchev–Trinajstić information content (AvgIpc) is 2.62. The minimum atomic E-state index is -0.311. The molecule has 0 saturated carbocycles. The first-order valence-corrected chi connectivity index (χ1v) is 7.86. The maximum Gasteiger partial charge on any atom is 0.147 e. The molecule has 0 aliphatic carbocycles. The van der Waals surface area contributed by atoms with Crippen LogP contribution in [0.3, 0.4) is 0 Å². The van der Waals surface area contributed by atoms with Gasteiger partial charge in [0.2, 0.25) is 0 Å². The number of nitriles is 1. The number of rotatable bonds is 4. The summed E-state index contributed by atoms with van der Waals surface area (Å²) in [7, 11) is 0. The van der Waals surface area contributed by atoms with Gasteiger partial charge in [0, 0.05) is 4.90 Å². The summed E-state index contributed by atoms with van der Waals surface area (Å²) >= 11 is 1.28. The summed E-state index contributed by atoms with van der Waals surface area (Å²) in [5.74, 6) is -0.311. The predicted octanol–water partition coefficient (Wildman–Crippen LogP) is 5.48. The molecule has 0 atom stereocenters. The number of hydrogen-bond acceptors (Lipinski definition) is 3. The zero-order valence-corrected chi connectivity index (χ0v) is 13.0. The number of nitrogens with zero attached hydrogens (tertiary/aromatic N) is 1. The molecule has 0 spiro atoms. The fourth-order valence-corrected chi connectivity index (χ4v) is 2.87. The summed E-state index contributed by atoms with van der Waals surface area (Å²) in [4.78, 5) is 0.855. The average molecular weight is 320 g/mol. The lowest BCUT2D eigenvalue weighted by molar-refractivity contribution is 0.633. The Morgan fingerprint density at radius 2 is 1.70 bits per heavy atom. The van der Waals surface area contributed by atoms with Gasteiger partial charge in [0.25, 0.3) is 0 Å². The summed E-state index contributed by atoms with van der Waals surface area (Å²) in [6.45, 7) is 0. The number of nitrogens with one attached hydrogen (secondary N) is 1. The molecule has 0 bridgehead atoms. The van der Waals surface area contributed by atoms with E-state index < -0.39 is 0 Å². The normalized spacial score (nSPS) is 10.1. The second-order valence-corrected chi connectivity index (χ2v) is 5.78. The van der Waals surface area contributed by atoms with E-state index in [1.807, 2.05) is 36.4 Å². The molecule has 0 saturated heterocycles. The van der Waals surface area contributed by atoms with Crippen LogP contribution in [0.2, 0.25) is 0 Å². The highest BCUT2D eigenvalue weighted by Crippen LogP contribution is 2.28. The highest BCUT2D eigenvalue weighted by molar-refractivity contribution is 8.00. The Labute approximate surface area is 138 Å². The first kappa shape index (κ1) is 15.1. The Hall–Kier alpha value is -2.77. The second-order valence-electron chi connectivity index (χ2n) is 4.90. The number of benzene rings is 3. The molecule has 0 fully saturated rings. The monoisotopic (exact) mass is 320 g/mol. The number of anilines is 1. The molecule has 0 aliphatic rings. The lowest BCUT2D eigenvalue weighted by Gasteiger charge is -2.09. The van der Waals surface area contributed by atoms with Crippen LogP contribution in [0.15, 0.2) is 77.7 Å². The topological polar surface area (TPSA) is 35.8 Å². The number of hydrogen-bond donors (Lipinski definition) is 1. The van der Waals surface area contributed by atoms with Gasteiger partial charge < -0.3 is 4.72 Å². The third-order valence-corrected chi connectivity index (χ3v) is 4.13. The Morgan fingerprint density at radius 1 is 0.870 bits per heavy atom. The van der Waals surface area contributed by atoms with Gasteiger partial charge >= 0.3 is 0 Å². The summed E-state index contributed by atoms with van der Waals surface area (Å²) in [5, 5.41) is 8.91. The van der Waals surface area contributed by atoms with E-state index in [1.165, 1.54) is 18.0 Å². The van der Waals surface area contributed by atoms with E-state index >= 15 is 0 Å². The van der Waals surface area contributed by atoms with Crippen molar-refractivity contribution in [2.45, 2.75) is 4.90 Å². The Bertz CT molecular complexity index is 857. The summed E-state index contributed by atoms with van der Waals surface area (Å²) in [5.41, 5.74) is 2.97. The van der Waals surface area contributed by atoms with Crippen LogP contribution in [0.25, 0.3) is 11.1 Å². The fraction of sp³-hybridized carbons (Fsp3) is 0. The minimum Gasteiger partial charge on any atom is -0.323 e. The van der Waals surface area contributed by atoms with Crippen LogP contribution in [-0.4, -0.2) is 0 Å². The molecule has 0 aliphatic heterocycles. The van der Waals surface area contributed by atoms with Gasteiger partial charge in [-0.2, -0.15) is 5.26 Å². The molecule has 112 valence electrons. The van der Waals surface area contributed by atoms with E-state index in [-0.39, 0.29) is 5.82 Å². The molecule has 1 N–H and O–H groups in total. The Kier molecular flexibility index (Phi) is 4.60. The molecule has 0 radical (unpaired) electrons. The largest absolute Gasteiger partial charge is 0.323 e. The van der Waals surface area contributed by atoms with Crippen molar-refractivity contribution in [3.05, 3.63) is 84.2 Å². The molecule has 3 aromatic carbocycles. The molecule has 2 nitrogen and oxygen atoms in total. The van der Waals surface area contributed by atoms with Crippen molar-refractivity contribution in [3.8, 4) is 17.2 Å². The van der Waals surface area contributed by atoms with Gasteiger partial charge in [0.05, 0.1) is 17.3 Å². The summed E-state index contributed by atoms with van der Waals surface area (Å²) in [6.07, 6.45) is 0. The molecule has 3 aromatic rings. The SMILES string of the molecule is N#Cc1cccc(SNc2cc(-c3ccccc3)ccc2F)c1. The standard InChI is InChI=1S/C19H13FN2S/c20-18-10-9-16(15-6-2-1-3-7-15)12-19(18)22-23-17-8-4-5-14(11-17)13-21/h1-12,22H. The van der Waals surface area contributed by atoms with Crippen molar-refractivity contribution in [2.75, 3.05) is 4.72 Å². The van der Waals surface area contributed by atoms with Crippen molar-refractivity contribution in [1.82, 2.24) is 0 Å². The van der Waals surface area contributed by atoms with E-state index in [2.05, 4.69) is 10.8 Å². The Balaban J connectivity index is 1.81. The predicted molar refractivity (Wildman–Crippen MR) is 92.5 cm³/mol. The third-order valence-electron chi connectivity index (χ3n) is 3.32. The van der Waals surface area contributed by atoms with Gasteiger partial charge in [0.1, 0.15) is 5.82 Å². The zero-order chi connectivity index (χ0) is 16.1. The van der Waals surface area contributed by atoms with Crippen LogP contribution < -0.4 is 4.72 Å². The van der Waals surface area contributed by atoms with Crippen molar-refractivity contribution in [3.63, 3.8) is 0 Å². The molecule has 0 aromatic heterocycles. The van der Waals surface area contributed by atoms with Crippen LogP contribution in [0.5, 0.6) is 0 Å². The van der Waals surface area contributed by atoms with Gasteiger partial charge in [0.15, 0.2) is 0 Å². The van der Waals surface area contributed by atoms with Gasteiger partial charge in [-0.1, -0.05) is 42.5 Å². The van der Waals surface area contributed by atoms with Gasteiger partial charge in [-0.15, -0.1) is 0 Å². The summed E-state index contributed by atoms with van der Waals surface area (Å²) in [6, 6.07) is 24.1. The highest BCUT2D eigenvalue weighted by atomic mass is 32.2. The van der Waals surface area contributed by atoms with E-state index in [1.54, 1.807) is 30.3 Å². The van der Waals surface area contributed by atoms with Gasteiger partial charge in [-0.05, 0) is 53.4 Å². The molecular formula is C19H13FN2S. The molecule has 3 rings (SSSR count). The lowest BCUT2D eigenvalue weighted by atomic mass is 10.1. The first-order chi connectivity index (χ1) is 11.3. The minimum absolute atomic E-state index is 0.311. The lowest BCUT2D eigenvalue weighted by Crippen LogP contribution is -1.92. The molecular weight excluding hydrogens is 307 g/mol. The summed E-state index contributed by atoms with van der Waals surface area (Å²) < 4.78 is 17.0. The van der Waals surface area contributed by atoms with Crippen LogP contribution in [0.4, 0.5) is 10.1 Å². The van der Waals surface area contributed by atoms with Crippen LogP contribution in [0.1, 0.15) is 5.56 Å². The molecule has 0 amide bonds. The van der Waals surface area contributed by atoms with E-state index in [9.17, 15) is 4.39 Å². The van der Waals surface area contributed by atoms with Crippen molar-refractivity contribution >= 4 is 17.6 Å². The van der Waals surface area contributed by atoms with Crippen LogP contribution in [0, 0.1) is 17.1 Å². The fourth-order valence-electron chi connectivity index (χ4n) is 2.16. The van der Waals surface area contributed by atoms with E-state index in [0.717, 1.165) is 16.0 Å². The van der Waals surface area contributed by atoms with Crippen molar-refractivity contribution in [1.29, 1.82) is 5.26 Å². The second kappa shape index (κ2) is 6.99. The zero-order valence-electron chi connectivity index (χ0n) is 12.2. The van der Waals surface area contributed by atoms with E-state index in [4.69, 9.17) is 5.26 Å². The van der Waals surface area contributed by atoms with Crippen molar-refractivity contribution in [2.24, 2.45) is 0 Å². The molecule has 0 heterocycles. The highest BCUT2D eigenvalue weighted by Gasteiger charge is 2.06. The molecule has 4 heteroatoms. The quantitative estimate of drug-likeness (QED) is 0.646. The molecule has 23 heavy (non-hydrogen) atoms. The van der Waals surface area contributed by atoms with Crippen LogP contribution in [-0.2, 0) is 0 Å². The van der Waals surface area contributed by atoms with Crippen molar-refractivity contribution < 1.29 is 4.39 Å². The number of halogens is 1. The van der Waals surface area contributed by atoms with Crippen LogP contribution >= 0.6 is 11.9 Å². The van der Waals surface area contributed by atoms with Gasteiger partial charge in [-0.25, -0.2) is 4.39 Å². The maximum absolute atomic E-state index is 14.0. The van der Waals surface area contributed by atoms with Gasteiger partial charge in [-0.3, -0.25) is 0 Å². The smallest absolute Gasteiger partial charge is 0.147 e. The third kappa shape index (κ3) is 3.71. The Morgan fingerprint density at radius 3 is 2.48 bits per heavy atom. The molecule has 0 unspecified atom stereocenters.